The van der Waals surface area contributed by atoms with E-state index in [-0.39, 0.29) is 11.1 Å². The van der Waals surface area contributed by atoms with Crippen LogP contribution >= 0.6 is 0 Å². The number of benzene rings is 1. The Morgan fingerprint density at radius 3 is 2.54 bits per heavy atom. The molecule has 0 saturated heterocycles. The average molecular weight is 346 g/mol. The Kier molecular flexibility index (Phi) is 5.45. The molecule has 0 aliphatic carbocycles. The van der Waals surface area contributed by atoms with Crippen LogP contribution < -0.4 is 4.74 Å². The third-order valence-electron chi connectivity index (χ3n) is 4.64. The molecule has 5 heteroatoms. The van der Waals surface area contributed by atoms with Crippen LogP contribution in [0.15, 0.2) is 30.3 Å². The van der Waals surface area contributed by atoms with Crippen molar-refractivity contribution in [2.45, 2.75) is 51.9 Å². The van der Waals surface area contributed by atoms with E-state index in [1.807, 2.05) is 31.2 Å². The van der Waals surface area contributed by atoms with Gasteiger partial charge in [0.2, 0.25) is 0 Å². The number of fused-ring (bicyclic) bond motifs is 1. The monoisotopic (exact) mass is 345 g/mol. The maximum absolute atomic E-state index is 11.0. The minimum Gasteiger partial charge on any atom is -0.486 e. The Bertz CT molecular complexity index is 722. The fraction of sp³-hybridized carbons (Fsp3) is 0.474. The number of carbonyl (C=O) groups is 1. The highest BCUT2D eigenvalue weighted by molar-refractivity contribution is 6.74. The number of pyridine rings is 1. The van der Waals surface area contributed by atoms with Crippen molar-refractivity contribution >= 4 is 25.5 Å². The van der Waals surface area contributed by atoms with Crippen molar-refractivity contribution in [3.63, 3.8) is 0 Å². The van der Waals surface area contributed by atoms with Crippen LogP contribution in [0.2, 0.25) is 18.1 Å². The number of rotatable bonds is 6. The Labute approximate surface area is 145 Å². The zero-order valence-corrected chi connectivity index (χ0v) is 16.4. The number of ether oxygens (including phenoxy) is 1. The van der Waals surface area contributed by atoms with Gasteiger partial charge in [-0.2, -0.15) is 0 Å². The van der Waals surface area contributed by atoms with E-state index in [9.17, 15) is 4.79 Å². The lowest BCUT2D eigenvalue weighted by Gasteiger charge is -2.36. The van der Waals surface area contributed by atoms with E-state index in [1.54, 1.807) is 6.07 Å². The fourth-order valence-corrected chi connectivity index (χ4v) is 3.17. The average Bonchev–Trinajstić information content (AvgIpc) is 2.52. The third-order valence-corrected chi connectivity index (χ3v) is 9.14. The largest absolute Gasteiger partial charge is 0.486 e. The highest BCUT2D eigenvalue weighted by Crippen LogP contribution is 2.36. The van der Waals surface area contributed by atoms with Crippen molar-refractivity contribution in [2.75, 3.05) is 6.61 Å². The van der Waals surface area contributed by atoms with Crippen LogP contribution in [0.4, 0.5) is 0 Å². The van der Waals surface area contributed by atoms with Gasteiger partial charge < -0.3 is 9.16 Å². The molecule has 1 heterocycles. The summed E-state index contributed by atoms with van der Waals surface area (Å²) in [6.45, 7) is 13.7. The van der Waals surface area contributed by atoms with Gasteiger partial charge in [-0.05, 0) is 37.2 Å². The molecule has 130 valence electrons. The third kappa shape index (κ3) is 4.22. The first-order valence-electron chi connectivity index (χ1n) is 8.29. The summed E-state index contributed by atoms with van der Waals surface area (Å²) >= 11 is 0. The Morgan fingerprint density at radius 1 is 1.21 bits per heavy atom. The van der Waals surface area contributed by atoms with Gasteiger partial charge in [0.05, 0.1) is 6.61 Å². The highest BCUT2D eigenvalue weighted by atomic mass is 28.4. The van der Waals surface area contributed by atoms with E-state index in [0.717, 1.165) is 11.7 Å². The van der Waals surface area contributed by atoms with Crippen molar-refractivity contribution in [2.24, 2.45) is 0 Å². The van der Waals surface area contributed by atoms with Gasteiger partial charge in [-0.3, -0.25) is 4.79 Å². The molecule has 0 spiro atoms. The van der Waals surface area contributed by atoms with Gasteiger partial charge in [0.25, 0.3) is 0 Å². The second kappa shape index (κ2) is 7.03. The van der Waals surface area contributed by atoms with Crippen LogP contribution in [0.1, 0.15) is 38.2 Å². The predicted molar refractivity (Wildman–Crippen MR) is 100 cm³/mol. The number of aldehydes is 1. The van der Waals surface area contributed by atoms with Crippen molar-refractivity contribution in [3.8, 4) is 5.75 Å². The van der Waals surface area contributed by atoms with Crippen LogP contribution in [0.3, 0.4) is 0 Å². The molecule has 0 saturated carbocycles. The Morgan fingerprint density at radius 2 is 1.92 bits per heavy atom. The molecule has 0 N–H and O–H groups in total. The normalized spacial score (nSPS) is 13.8. The molecule has 0 amide bonds. The summed E-state index contributed by atoms with van der Waals surface area (Å²) in [5.74, 6) is 0.683. The summed E-state index contributed by atoms with van der Waals surface area (Å²) in [7, 11) is -1.80. The topological polar surface area (TPSA) is 48.4 Å². The number of para-hydroxylation sites is 1. The quantitative estimate of drug-likeness (QED) is 0.555. The molecule has 0 bridgehead atoms. The molecular weight excluding hydrogens is 318 g/mol. The van der Waals surface area contributed by atoms with E-state index < -0.39 is 8.32 Å². The van der Waals surface area contributed by atoms with Gasteiger partial charge in [-0.25, -0.2) is 4.98 Å². The molecule has 0 aliphatic rings. The first-order valence-corrected chi connectivity index (χ1v) is 11.2. The van der Waals surface area contributed by atoms with Crippen LogP contribution in [0.25, 0.3) is 10.9 Å². The van der Waals surface area contributed by atoms with E-state index in [2.05, 4.69) is 38.8 Å². The van der Waals surface area contributed by atoms with E-state index in [4.69, 9.17) is 9.16 Å². The molecule has 1 aromatic heterocycles. The van der Waals surface area contributed by atoms with Crippen LogP contribution in [0.5, 0.6) is 5.75 Å². The first kappa shape index (κ1) is 18.6. The molecule has 4 nitrogen and oxygen atoms in total. The molecule has 1 atom stereocenters. The standard InChI is InChI=1S/C19H27NO3Si/c1-14(13-22-24(5,6)19(2,3)4)23-17-9-7-8-15-10-11-16(12-21)20-18(15)17/h7-12,14H,13H2,1-6H3/t14-/m1/s1. The van der Waals surface area contributed by atoms with Gasteiger partial charge in [0, 0.05) is 5.39 Å². The predicted octanol–water partition coefficient (Wildman–Crippen LogP) is 4.84. The molecule has 0 unspecified atom stereocenters. The van der Waals surface area contributed by atoms with Crippen LogP contribution in [-0.2, 0) is 4.43 Å². The van der Waals surface area contributed by atoms with Crippen LogP contribution in [-0.4, -0.2) is 32.3 Å². The summed E-state index contributed by atoms with van der Waals surface area (Å²) in [6, 6.07) is 9.37. The van der Waals surface area contributed by atoms with Crippen molar-refractivity contribution in [1.29, 1.82) is 0 Å². The molecule has 2 rings (SSSR count). The molecule has 0 radical (unpaired) electrons. The second-order valence-corrected chi connectivity index (χ2v) is 12.5. The van der Waals surface area contributed by atoms with Gasteiger partial charge in [-0.15, -0.1) is 0 Å². The van der Waals surface area contributed by atoms with Gasteiger partial charge in [0.15, 0.2) is 14.6 Å². The maximum Gasteiger partial charge on any atom is 0.192 e. The van der Waals surface area contributed by atoms with Gasteiger partial charge >= 0.3 is 0 Å². The zero-order chi connectivity index (χ0) is 18.0. The summed E-state index contributed by atoms with van der Waals surface area (Å²) in [5.41, 5.74) is 1.12. The smallest absolute Gasteiger partial charge is 0.192 e. The fourth-order valence-electron chi connectivity index (χ4n) is 2.09. The molecular formula is C19H27NO3Si. The van der Waals surface area contributed by atoms with Gasteiger partial charge in [0.1, 0.15) is 23.1 Å². The minimum absolute atomic E-state index is 0.0913. The molecule has 1 aromatic carbocycles. The molecule has 0 aliphatic heterocycles. The van der Waals surface area contributed by atoms with Crippen molar-refractivity contribution in [1.82, 2.24) is 4.98 Å². The van der Waals surface area contributed by atoms with E-state index in [0.29, 0.717) is 23.6 Å². The zero-order valence-electron chi connectivity index (χ0n) is 15.4. The molecule has 0 fully saturated rings. The molecule has 24 heavy (non-hydrogen) atoms. The summed E-state index contributed by atoms with van der Waals surface area (Å²) in [4.78, 5) is 15.3. The van der Waals surface area contributed by atoms with Crippen molar-refractivity contribution in [3.05, 3.63) is 36.0 Å². The lowest BCUT2D eigenvalue weighted by atomic mass is 10.2. The summed E-state index contributed by atoms with van der Waals surface area (Å²) in [5, 5.41) is 1.13. The Balaban J connectivity index is 2.13. The second-order valence-electron chi connectivity index (χ2n) is 7.68. The minimum atomic E-state index is -1.80. The number of carbonyl (C=O) groups excluding carboxylic acids is 1. The van der Waals surface area contributed by atoms with E-state index in [1.165, 1.54) is 0 Å². The number of hydrogen-bond donors (Lipinski definition) is 0. The summed E-state index contributed by atoms with van der Waals surface area (Å²) in [6.07, 6.45) is 0.659. The lowest BCUT2D eigenvalue weighted by Crippen LogP contribution is -2.43. The maximum atomic E-state index is 11.0. The number of nitrogens with zero attached hydrogens (tertiary/aromatic N) is 1. The number of aromatic nitrogens is 1. The number of hydrogen-bond acceptors (Lipinski definition) is 4. The summed E-state index contributed by atoms with van der Waals surface area (Å²) < 4.78 is 12.3. The first-order chi connectivity index (χ1) is 11.1. The van der Waals surface area contributed by atoms with Crippen molar-refractivity contribution < 1.29 is 14.0 Å². The molecule has 2 aromatic rings. The van der Waals surface area contributed by atoms with Crippen LogP contribution in [0, 0.1) is 0 Å². The highest BCUT2D eigenvalue weighted by Gasteiger charge is 2.37. The Hall–Kier alpha value is -1.72. The van der Waals surface area contributed by atoms with E-state index >= 15 is 0 Å². The SMILES string of the molecule is C[C@H](CO[Si](C)(C)C(C)(C)C)Oc1cccc2ccc(C=O)nc12. The lowest BCUT2D eigenvalue weighted by molar-refractivity contribution is 0.111. The van der Waals surface area contributed by atoms with Gasteiger partial charge in [-0.1, -0.05) is 39.0 Å².